The molecule has 0 aliphatic rings. The number of nitrogens with zero attached hydrogens (tertiary/aromatic N) is 1. The number of rotatable bonds is 9. The summed E-state index contributed by atoms with van der Waals surface area (Å²) < 4.78 is 24.5. The first-order valence-corrected chi connectivity index (χ1v) is 11.4. The Labute approximate surface area is 196 Å². The SMILES string of the molecule is COc1cc(CN(Cc2ccccc2)C(=O)c2cccs2)ccc1OCc1ccc(F)cc1. The number of hydrogen-bond acceptors (Lipinski definition) is 4. The molecule has 4 aromatic rings. The van der Waals surface area contributed by atoms with E-state index in [9.17, 15) is 9.18 Å². The molecular weight excluding hydrogens is 437 g/mol. The van der Waals surface area contributed by atoms with Gasteiger partial charge < -0.3 is 14.4 Å². The third-order valence-electron chi connectivity index (χ3n) is 5.14. The summed E-state index contributed by atoms with van der Waals surface area (Å²) in [6, 6.07) is 25.5. The number of hydrogen-bond donors (Lipinski definition) is 0. The minimum atomic E-state index is -0.280. The van der Waals surface area contributed by atoms with Gasteiger partial charge in [0.1, 0.15) is 12.4 Å². The summed E-state index contributed by atoms with van der Waals surface area (Å²) in [5.74, 6) is 0.880. The highest BCUT2D eigenvalue weighted by Gasteiger charge is 2.18. The molecule has 0 fully saturated rings. The van der Waals surface area contributed by atoms with Crippen LogP contribution in [-0.2, 0) is 19.7 Å². The van der Waals surface area contributed by atoms with Gasteiger partial charge in [-0.15, -0.1) is 11.3 Å². The van der Waals surface area contributed by atoms with Crippen molar-refractivity contribution in [2.75, 3.05) is 7.11 Å². The Hall–Kier alpha value is -3.64. The highest BCUT2D eigenvalue weighted by Crippen LogP contribution is 2.30. The topological polar surface area (TPSA) is 38.8 Å². The fraction of sp³-hybridized carbons (Fsp3) is 0.148. The molecule has 33 heavy (non-hydrogen) atoms. The average Bonchev–Trinajstić information content (AvgIpc) is 3.39. The van der Waals surface area contributed by atoms with Gasteiger partial charge in [0.25, 0.3) is 5.91 Å². The molecule has 1 amide bonds. The molecule has 4 rings (SSSR count). The van der Waals surface area contributed by atoms with E-state index in [2.05, 4.69) is 0 Å². The number of halogens is 1. The van der Waals surface area contributed by atoms with Gasteiger partial charge in [0.05, 0.1) is 12.0 Å². The van der Waals surface area contributed by atoms with Crippen molar-refractivity contribution < 1.29 is 18.7 Å². The third kappa shape index (κ3) is 5.99. The summed E-state index contributed by atoms with van der Waals surface area (Å²) in [5.41, 5.74) is 2.86. The monoisotopic (exact) mass is 461 g/mol. The van der Waals surface area contributed by atoms with Crippen molar-refractivity contribution in [1.82, 2.24) is 4.90 Å². The van der Waals surface area contributed by atoms with Crippen molar-refractivity contribution >= 4 is 17.2 Å². The molecule has 0 saturated carbocycles. The Kier molecular flexibility index (Phi) is 7.37. The molecule has 6 heteroatoms. The quantitative estimate of drug-likeness (QED) is 0.293. The van der Waals surface area contributed by atoms with Crippen LogP contribution in [0.5, 0.6) is 11.5 Å². The van der Waals surface area contributed by atoms with Crippen LogP contribution >= 0.6 is 11.3 Å². The number of thiophene rings is 1. The first kappa shape index (κ1) is 22.6. The van der Waals surface area contributed by atoms with Crippen molar-refractivity contribution in [2.45, 2.75) is 19.7 Å². The summed E-state index contributed by atoms with van der Waals surface area (Å²) in [7, 11) is 1.59. The van der Waals surface area contributed by atoms with Crippen LogP contribution in [0.25, 0.3) is 0 Å². The summed E-state index contributed by atoms with van der Waals surface area (Å²) in [6.45, 7) is 1.23. The van der Waals surface area contributed by atoms with E-state index in [4.69, 9.17) is 9.47 Å². The molecule has 0 radical (unpaired) electrons. The summed E-state index contributed by atoms with van der Waals surface area (Å²) >= 11 is 1.44. The van der Waals surface area contributed by atoms with Crippen molar-refractivity contribution in [3.63, 3.8) is 0 Å². The number of amides is 1. The lowest BCUT2D eigenvalue weighted by Crippen LogP contribution is -2.29. The van der Waals surface area contributed by atoms with Crippen LogP contribution in [0.3, 0.4) is 0 Å². The maximum Gasteiger partial charge on any atom is 0.264 e. The second-order valence-corrected chi connectivity index (χ2v) is 8.47. The van der Waals surface area contributed by atoms with Crippen LogP contribution in [0, 0.1) is 5.82 Å². The van der Waals surface area contributed by atoms with Gasteiger partial charge in [-0.2, -0.15) is 0 Å². The van der Waals surface area contributed by atoms with E-state index in [0.717, 1.165) is 16.7 Å². The average molecular weight is 462 g/mol. The van der Waals surface area contributed by atoms with Crippen LogP contribution in [-0.4, -0.2) is 17.9 Å². The minimum absolute atomic E-state index is 0.00976. The van der Waals surface area contributed by atoms with Gasteiger partial charge in [0.2, 0.25) is 0 Å². The van der Waals surface area contributed by atoms with Crippen LogP contribution in [0.4, 0.5) is 4.39 Å². The molecule has 0 saturated heterocycles. The predicted octanol–water partition coefficient (Wildman–Crippen LogP) is 6.32. The molecule has 0 atom stereocenters. The van der Waals surface area contributed by atoms with E-state index in [1.165, 1.54) is 23.5 Å². The molecule has 0 aliphatic carbocycles. The number of carbonyl (C=O) groups is 1. The maximum atomic E-state index is 13.2. The number of carbonyl (C=O) groups excluding carboxylic acids is 1. The molecule has 0 N–H and O–H groups in total. The van der Waals surface area contributed by atoms with Crippen molar-refractivity contribution in [3.05, 3.63) is 118 Å². The van der Waals surface area contributed by atoms with E-state index in [1.54, 1.807) is 19.2 Å². The van der Waals surface area contributed by atoms with Gasteiger partial charge in [-0.05, 0) is 52.4 Å². The fourth-order valence-corrected chi connectivity index (χ4v) is 4.14. The minimum Gasteiger partial charge on any atom is -0.493 e. The number of benzene rings is 3. The predicted molar refractivity (Wildman–Crippen MR) is 128 cm³/mol. The van der Waals surface area contributed by atoms with E-state index < -0.39 is 0 Å². The Morgan fingerprint density at radius 3 is 2.27 bits per heavy atom. The Balaban J connectivity index is 1.51. The molecular formula is C27H24FNO3S. The Morgan fingerprint density at radius 1 is 0.848 bits per heavy atom. The second kappa shape index (κ2) is 10.8. The van der Waals surface area contributed by atoms with E-state index >= 15 is 0 Å². The molecule has 0 unspecified atom stereocenters. The van der Waals surface area contributed by atoms with Crippen molar-refractivity contribution in [2.24, 2.45) is 0 Å². The zero-order chi connectivity index (χ0) is 23.0. The molecule has 0 spiro atoms. The molecule has 0 bridgehead atoms. The van der Waals surface area contributed by atoms with E-state index in [1.807, 2.05) is 70.9 Å². The zero-order valence-electron chi connectivity index (χ0n) is 18.2. The van der Waals surface area contributed by atoms with Crippen LogP contribution in [0.15, 0.2) is 90.3 Å². The third-order valence-corrected chi connectivity index (χ3v) is 6.00. The standard InChI is InChI=1S/C27H24FNO3S/c1-31-25-16-22(11-14-24(25)32-19-21-9-12-23(28)13-10-21)18-29(17-20-6-3-2-4-7-20)27(30)26-8-5-15-33-26/h2-16H,17-19H2,1H3. The van der Waals surface area contributed by atoms with Gasteiger partial charge in [0.15, 0.2) is 11.5 Å². The van der Waals surface area contributed by atoms with Gasteiger partial charge in [0, 0.05) is 13.1 Å². The first-order valence-electron chi connectivity index (χ1n) is 10.5. The molecule has 1 aromatic heterocycles. The van der Waals surface area contributed by atoms with E-state index in [-0.39, 0.29) is 11.7 Å². The smallest absolute Gasteiger partial charge is 0.264 e. The lowest BCUT2D eigenvalue weighted by molar-refractivity contribution is 0.0735. The van der Waals surface area contributed by atoms with Gasteiger partial charge in [-0.25, -0.2) is 4.39 Å². The zero-order valence-corrected chi connectivity index (χ0v) is 19.1. The summed E-state index contributed by atoms with van der Waals surface area (Å²) in [6.07, 6.45) is 0. The summed E-state index contributed by atoms with van der Waals surface area (Å²) in [4.78, 5) is 15.7. The lowest BCUT2D eigenvalue weighted by atomic mass is 10.1. The molecule has 3 aromatic carbocycles. The molecule has 1 heterocycles. The Morgan fingerprint density at radius 2 is 1.58 bits per heavy atom. The van der Waals surface area contributed by atoms with Crippen LogP contribution in [0.1, 0.15) is 26.4 Å². The van der Waals surface area contributed by atoms with Gasteiger partial charge >= 0.3 is 0 Å². The highest BCUT2D eigenvalue weighted by molar-refractivity contribution is 7.12. The van der Waals surface area contributed by atoms with Crippen LogP contribution in [0.2, 0.25) is 0 Å². The first-order chi connectivity index (χ1) is 16.1. The molecule has 4 nitrogen and oxygen atoms in total. The normalized spacial score (nSPS) is 10.6. The Bertz CT molecular complexity index is 1180. The number of ether oxygens (including phenoxy) is 2. The maximum absolute atomic E-state index is 13.2. The van der Waals surface area contributed by atoms with Crippen molar-refractivity contribution in [3.8, 4) is 11.5 Å². The fourth-order valence-electron chi connectivity index (χ4n) is 3.45. The largest absolute Gasteiger partial charge is 0.493 e. The number of methoxy groups -OCH3 is 1. The summed E-state index contributed by atoms with van der Waals surface area (Å²) in [5, 5.41) is 1.91. The van der Waals surface area contributed by atoms with E-state index in [0.29, 0.717) is 36.1 Å². The molecule has 168 valence electrons. The second-order valence-electron chi connectivity index (χ2n) is 7.52. The molecule has 0 aliphatic heterocycles. The van der Waals surface area contributed by atoms with Gasteiger partial charge in [-0.1, -0.05) is 54.6 Å². The highest BCUT2D eigenvalue weighted by atomic mass is 32.1. The van der Waals surface area contributed by atoms with Gasteiger partial charge in [-0.3, -0.25) is 4.79 Å². The van der Waals surface area contributed by atoms with Crippen molar-refractivity contribution in [1.29, 1.82) is 0 Å². The lowest BCUT2D eigenvalue weighted by Gasteiger charge is -2.23. The van der Waals surface area contributed by atoms with Crippen LogP contribution < -0.4 is 9.47 Å².